The first kappa shape index (κ1) is 17.4. The van der Waals surface area contributed by atoms with Crippen LogP contribution in [-0.4, -0.2) is 30.7 Å². The number of hydrogen-bond donors (Lipinski definition) is 0. The lowest BCUT2D eigenvalue weighted by molar-refractivity contribution is 0.0891. The van der Waals surface area contributed by atoms with Crippen molar-refractivity contribution in [3.05, 3.63) is 71.8 Å². The van der Waals surface area contributed by atoms with Gasteiger partial charge in [-0.1, -0.05) is 24.3 Å². The summed E-state index contributed by atoms with van der Waals surface area (Å²) in [4.78, 5) is 33.6. The number of imidazole rings is 2. The minimum absolute atomic E-state index is 0. The van der Waals surface area contributed by atoms with Gasteiger partial charge in [-0.2, -0.15) is 0 Å². The van der Waals surface area contributed by atoms with Crippen molar-refractivity contribution in [2.75, 3.05) is 0 Å². The van der Waals surface area contributed by atoms with Crippen LogP contribution in [0.2, 0.25) is 0 Å². The number of carbonyl (C=O) groups excluding carboxylic acids is 2. The van der Waals surface area contributed by atoms with Gasteiger partial charge in [0.15, 0.2) is 11.6 Å². The van der Waals surface area contributed by atoms with Gasteiger partial charge in [0.05, 0.1) is 30.0 Å². The lowest BCUT2D eigenvalue weighted by Gasteiger charge is -2.17. The van der Waals surface area contributed by atoms with Gasteiger partial charge in [0.1, 0.15) is 0 Å². The Labute approximate surface area is 159 Å². The maximum Gasteiger partial charge on any atom is 0.169 e. The summed E-state index contributed by atoms with van der Waals surface area (Å²) < 4.78 is 4.00. The number of aryl methyl sites for hydroxylation is 2. The van der Waals surface area contributed by atoms with Crippen LogP contribution in [0.4, 0.5) is 0 Å². The van der Waals surface area contributed by atoms with Crippen LogP contribution in [0.1, 0.15) is 46.9 Å². The maximum absolute atomic E-state index is 13.2. The Bertz CT molecular complexity index is 930. The van der Waals surface area contributed by atoms with E-state index in [4.69, 9.17) is 0 Å². The molecule has 4 bridgehead atoms. The van der Waals surface area contributed by atoms with Crippen LogP contribution in [0.15, 0.2) is 49.3 Å². The summed E-state index contributed by atoms with van der Waals surface area (Å²) in [5.74, 6) is -0.179. The first-order valence-corrected chi connectivity index (χ1v) is 9.25. The Balaban J connectivity index is 0.00000225. The fraction of sp³-hybridized carbons (Fsp3) is 0.333. The highest BCUT2D eigenvalue weighted by Gasteiger charge is 2.22. The van der Waals surface area contributed by atoms with Crippen LogP contribution in [0.3, 0.4) is 0 Å². The number of ketones is 2. The average molecular weight is 364 g/mol. The van der Waals surface area contributed by atoms with Crippen molar-refractivity contribution in [1.82, 2.24) is 19.1 Å². The third-order valence-corrected chi connectivity index (χ3v) is 5.05. The summed E-state index contributed by atoms with van der Waals surface area (Å²) in [5, 5.41) is 0. The number of fused-ring (bicyclic) bond motifs is 4. The molecule has 3 aromatic rings. The first-order valence-electron chi connectivity index (χ1n) is 9.25. The van der Waals surface area contributed by atoms with Crippen molar-refractivity contribution in [3.8, 4) is 0 Å². The number of rotatable bonds is 3. The van der Waals surface area contributed by atoms with E-state index in [0.29, 0.717) is 24.2 Å². The van der Waals surface area contributed by atoms with E-state index in [1.54, 1.807) is 24.3 Å². The third-order valence-electron chi connectivity index (χ3n) is 5.05. The zero-order valence-corrected chi connectivity index (χ0v) is 15.3. The third kappa shape index (κ3) is 3.89. The molecule has 1 aromatic carbocycles. The van der Waals surface area contributed by atoms with Crippen molar-refractivity contribution in [3.63, 3.8) is 0 Å². The summed E-state index contributed by atoms with van der Waals surface area (Å²) in [6.45, 7) is 2.65. The molecule has 0 unspecified atom stereocenters. The highest BCUT2D eigenvalue weighted by Crippen LogP contribution is 2.18. The van der Waals surface area contributed by atoms with E-state index in [1.165, 1.54) is 6.92 Å². The molecule has 6 heteroatoms. The van der Waals surface area contributed by atoms with Crippen LogP contribution >= 0.6 is 0 Å². The van der Waals surface area contributed by atoms with Gasteiger partial charge in [-0.25, -0.2) is 9.97 Å². The molecule has 1 aliphatic heterocycles. The highest BCUT2D eigenvalue weighted by atomic mass is 16.1. The van der Waals surface area contributed by atoms with E-state index >= 15 is 0 Å². The monoisotopic (exact) mass is 364 g/mol. The maximum atomic E-state index is 13.2. The van der Waals surface area contributed by atoms with E-state index in [9.17, 15) is 9.59 Å². The highest BCUT2D eigenvalue weighted by molar-refractivity contribution is 5.99. The van der Waals surface area contributed by atoms with Crippen molar-refractivity contribution >= 4 is 11.6 Å². The van der Waals surface area contributed by atoms with Crippen LogP contribution in [-0.2, 0) is 25.9 Å². The van der Waals surface area contributed by atoms with Gasteiger partial charge in [-0.15, -0.1) is 0 Å². The lowest BCUT2D eigenvalue weighted by Crippen LogP contribution is -2.25. The Kier molecular flexibility index (Phi) is 4.71. The molecule has 0 atom stereocenters. The molecule has 6 nitrogen and oxygen atoms in total. The normalized spacial score (nSPS) is 15.0. The summed E-state index contributed by atoms with van der Waals surface area (Å²) in [6, 6.07) is 6.92. The second-order valence-electron chi connectivity index (χ2n) is 7.17. The van der Waals surface area contributed by atoms with Crippen molar-refractivity contribution in [2.45, 2.75) is 39.3 Å². The average Bonchev–Trinajstić information content (AvgIpc) is 3.30. The fourth-order valence-electron chi connectivity index (χ4n) is 3.56. The summed E-state index contributed by atoms with van der Waals surface area (Å²) >= 11 is 0. The predicted octanol–water partition coefficient (Wildman–Crippen LogP) is 3.22. The Morgan fingerprint density at radius 2 is 1.44 bits per heavy atom. The molecule has 0 saturated heterocycles. The molecular weight excluding hydrogens is 340 g/mol. The van der Waals surface area contributed by atoms with Gasteiger partial charge in [0.2, 0.25) is 0 Å². The van der Waals surface area contributed by atoms with Gasteiger partial charge < -0.3 is 9.13 Å². The molecule has 1 aliphatic rings. The molecule has 27 heavy (non-hydrogen) atoms. The van der Waals surface area contributed by atoms with Crippen molar-refractivity contribution in [2.24, 2.45) is 5.92 Å². The van der Waals surface area contributed by atoms with Crippen LogP contribution in [0.25, 0.3) is 0 Å². The zero-order chi connectivity index (χ0) is 18.8. The molecule has 140 valence electrons. The molecule has 0 saturated carbocycles. The second kappa shape index (κ2) is 7.31. The van der Waals surface area contributed by atoms with Crippen LogP contribution in [0, 0.1) is 5.92 Å². The van der Waals surface area contributed by atoms with E-state index in [1.807, 2.05) is 34.2 Å². The molecule has 0 amide bonds. The van der Waals surface area contributed by atoms with Gasteiger partial charge in [0.25, 0.3) is 0 Å². The number of aromatic nitrogens is 4. The Morgan fingerprint density at radius 3 is 1.96 bits per heavy atom. The molecule has 4 rings (SSSR count). The number of hydrogen-bond acceptors (Lipinski definition) is 4. The molecule has 3 heterocycles. The lowest BCUT2D eigenvalue weighted by atomic mass is 9.96. The van der Waals surface area contributed by atoms with Crippen LogP contribution in [0.5, 0.6) is 0 Å². The topological polar surface area (TPSA) is 69.8 Å². The van der Waals surface area contributed by atoms with Crippen molar-refractivity contribution in [1.29, 1.82) is 0 Å². The molecule has 0 N–H and O–H groups in total. The summed E-state index contributed by atoms with van der Waals surface area (Å²) in [6.07, 6.45) is 10.5. The Hall–Kier alpha value is -3.02. The van der Waals surface area contributed by atoms with Gasteiger partial charge >= 0.3 is 0 Å². The van der Waals surface area contributed by atoms with Gasteiger partial charge in [0, 0.05) is 38.0 Å². The molecule has 0 fully saturated rings. The van der Waals surface area contributed by atoms with E-state index in [0.717, 1.165) is 30.7 Å². The standard InChI is InChI=1S/C21H22N4O2.H2/c1-15(26)16-5-7-17(8-6-16)21(27)18-9-24-11-19(22-13-24)3-2-4-20-12-25(10-18)14-23-20;/h5-8,11-14,18H,2-4,9-10H2,1H3;1H. The number of Topliss-reactive ketones (excluding diaryl/α,β-unsaturated/α-hetero) is 2. The smallest absolute Gasteiger partial charge is 0.169 e. The van der Waals surface area contributed by atoms with E-state index in [2.05, 4.69) is 9.97 Å². The minimum Gasteiger partial charge on any atom is -0.336 e. The minimum atomic E-state index is -0.239. The molecule has 0 radical (unpaired) electrons. The summed E-state index contributed by atoms with van der Waals surface area (Å²) in [5.41, 5.74) is 3.33. The Morgan fingerprint density at radius 1 is 0.926 bits per heavy atom. The molecule has 0 spiro atoms. The zero-order valence-electron chi connectivity index (χ0n) is 15.3. The van der Waals surface area contributed by atoms with Gasteiger partial charge in [-0.3, -0.25) is 9.59 Å². The van der Waals surface area contributed by atoms with Crippen molar-refractivity contribution < 1.29 is 11.0 Å². The SMILES string of the molecule is CC(=O)c1ccc(C(=O)C2Cn3cnc(c3)CCCc3cn(cn3)C2)cc1.[HH]. The van der Waals surface area contributed by atoms with Crippen LogP contribution < -0.4 is 0 Å². The predicted molar refractivity (Wildman–Crippen MR) is 103 cm³/mol. The number of carbonyl (C=O) groups is 2. The number of nitrogens with zero attached hydrogens (tertiary/aromatic N) is 4. The van der Waals surface area contributed by atoms with E-state index < -0.39 is 0 Å². The number of benzene rings is 1. The second-order valence-corrected chi connectivity index (χ2v) is 7.17. The molecule has 2 aromatic heterocycles. The molecular formula is C21H24N4O2. The van der Waals surface area contributed by atoms with E-state index in [-0.39, 0.29) is 18.9 Å². The quantitative estimate of drug-likeness (QED) is 0.669. The fourth-order valence-corrected chi connectivity index (χ4v) is 3.56. The first-order chi connectivity index (χ1) is 13.1. The largest absolute Gasteiger partial charge is 0.336 e. The van der Waals surface area contributed by atoms with Gasteiger partial charge in [-0.05, 0) is 26.2 Å². The summed E-state index contributed by atoms with van der Waals surface area (Å²) in [7, 11) is 0. The molecule has 0 aliphatic carbocycles.